The Labute approximate surface area is 159 Å². The smallest absolute Gasteiger partial charge is 0.480 e. The number of hydrogen-bond acceptors (Lipinski definition) is 4. The number of benzene rings is 2. The van der Waals surface area contributed by atoms with Crippen LogP contribution in [0.1, 0.15) is 6.92 Å². The molecular weight excluding hydrogens is 436 g/mol. The van der Waals surface area contributed by atoms with Gasteiger partial charge in [0.15, 0.2) is 0 Å². The lowest BCUT2D eigenvalue weighted by molar-refractivity contribution is -0.138. The van der Waals surface area contributed by atoms with Gasteiger partial charge in [-0.1, -0.05) is 11.6 Å². The molecule has 0 amide bonds. The van der Waals surface area contributed by atoms with Crippen molar-refractivity contribution in [3.05, 3.63) is 58.4 Å². The van der Waals surface area contributed by atoms with E-state index in [9.17, 15) is 31.3 Å². The van der Waals surface area contributed by atoms with Gasteiger partial charge in [-0.3, -0.25) is 4.79 Å². The molecule has 2 aromatic rings. The normalized spacial score (nSPS) is 14.2. The van der Waals surface area contributed by atoms with Crippen LogP contribution >= 0.6 is 19.3 Å². The summed E-state index contributed by atoms with van der Waals surface area (Å²) in [5, 5.41) is 11.0. The maximum absolute atomic E-state index is 13.8. The van der Waals surface area contributed by atoms with Gasteiger partial charge in [0.2, 0.25) is 34.8 Å². The lowest BCUT2D eigenvalue weighted by Gasteiger charge is -2.22. The third kappa shape index (κ3) is 4.73. The summed E-state index contributed by atoms with van der Waals surface area (Å²) in [5.41, 5.74) is 0. The molecule has 0 aliphatic rings. The maximum Gasteiger partial charge on any atom is 0.513 e. The van der Waals surface area contributed by atoms with Gasteiger partial charge >= 0.3 is 13.7 Å². The summed E-state index contributed by atoms with van der Waals surface area (Å²) in [6, 6.07) is 3.16. The average molecular weight is 446 g/mol. The van der Waals surface area contributed by atoms with Crippen molar-refractivity contribution < 1.29 is 45.5 Å². The van der Waals surface area contributed by atoms with Crippen LogP contribution in [0.25, 0.3) is 0 Å². The fourth-order valence-corrected chi connectivity index (χ4v) is 3.44. The molecule has 13 heteroatoms. The van der Waals surface area contributed by atoms with E-state index in [0.717, 1.165) is 19.1 Å². The summed E-state index contributed by atoms with van der Waals surface area (Å²) in [4.78, 5) is 11.0. The molecular formula is C15H10ClF5NO5P. The minimum absolute atomic E-state index is 0.231. The van der Waals surface area contributed by atoms with Gasteiger partial charge in [-0.15, -0.1) is 0 Å². The van der Waals surface area contributed by atoms with Crippen molar-refractivity contribution in [1.82, 2.24) is 5.09 Å². The van der Waals surface area contributed by atoms with Crippen molar-refractivity contribution in [1.29, 1.82) is 0 Å². The predicted octanol–water partition coefficient (Wildman–Crippen LogP) is 4.66. The highest BCUT2D eigenvalue weighted by Crippen LogP contribution is 2.47. The molecule has 0 spiro atoms. The summed E-state index contributed by atoms with van der Waals surface area (Å²) in [5.74, 6) is -15.7. The Balaban J connectivity index is 2.50. The molecule has 2 unspecified atom stereocenters. The highest BCUT2D eigenvalue weighted by atomic mass is 35.5. The predicted molar refractivity (Wildman–Crippen MR) is 86.8 cm³/mol. The average Bonchev–Trinajstić information content (AvgIpc) is 2.64. The van der Waals surface area contributed by atoms with E-state index in [4.69, 9.17) is 21.2 Å². The fraction of sp³-hybridized carbons (Fsp3) is 0.133. The Hall–Kier alpha value is -2.36. The summed E-state index contributed by atoms with van der Waals surface area (Å²) in [7, 11) is -5.01. The zero-order chi connectivity index (χ0) is 21.2. The molecule has 2 aromatic carbocycles. The van der Waals surface area contributed by atoms with E-state index in [1.54, 1.807) is 0 Å². The largest absolute Gasteiger partial charge is 0.513 e. The molecule has 0 saturated carbocycles. The molecule has 0 fully saturated rings. The van der Waals surface area contributed by atoms with Crippen LogP contribution in [0.4, 0.5) is 22.0 Å². The Kier molecular flexibility index (Phi) is 6.53. The molecule has 0 bridgehead atoms. The number of hydrogen-bond donors (Lipinski definition) is 2. The van der Waals surface area contributed by atoms with Crippen LogP contribution in [0, 0.1) is 29.1 Å². The maximum atomic E-state index is 13.8. The van der Waals surface area contributed by atoms with Gasteiger partial charge in [-0.2, -0.15) is 13.9 Å². The van der Waals surface area contributed by atoms with Gasteiger partial charge in [-0.25, -0.2) is 17.7 Å². The SMILES string of the molecule is CC(NP(=O)(Oc1ccc(Cl)cc1)Oc1c(F)c(F)c(F)c(F)c1F)C(=O)O. The van der Waals surface area contributed by atoms with Crippen LogP contribution in [0.15, 0.2) is 24.3 Å². The van der Waals surface area contributed by atoms with Crippen LogP contribution < -0.4 is 14.1 Å². The van der Waals surface area contributed by atoms with Crippen LogP contribution in [-0.2, 0) is 9.36 Å². The second kappa shape index (κ2) is 8.34. The molecule has 0 aromatic heterocycles. The van der Waals surface area contributed by atoms with E-state index in [2.05, 4.69) is 4.52 Å². The minimum atomic E-state index is -5.01. The first-order chi connectivity index (χ1) is 12.9. The molecule has 2 atom stereocenters. The Morgan fingerprint density at radius 3 is 1.93 bits per heavy atom. The summed E-state index contributed by atoms with van der Waals surface area (Å²) >= 11 is 5.66. The van der Waals surface area contributed by atoms with Gasteiger partial charge in [-0.05, 0) is 31.2 Å². The lowest BCUT2D eigenvalue weighted by atomic mass is 10.3. The first kappa shape index (κ1) is 21.9. The molecule has 28 heavy (non-hydrogen) atoms. The van der Waals surface area contributed by atoms with E-state index in [1.807, 2.05) is 5.09 Å². The van der Waals surface area contributed by atoms with Crippen molar-refractivity contribution in [2.24, 2.45) is 0 Å². The second-order valence-electron chi connectivity index (χ2n) is 5.22. The second-order valence-corrected chi connectivity index (χ2v) is 7.28. The minimum Gasteiger partial charge on any atom is -0.480 e. The van der Waals surface area contributed by atoms with Gasteiger partial charge in [0, 0.05) is 5.02 Å². The van der Waals surface area contributed by atoms with Crippen LogP contribution in [-0.4, -0.2) is 17.1 Å². The van der Waals surface area contributed by atoms with Crippen molar-refractivity contribution in [2.45, 2.75) is 13.0 Å². The molecule has 152 valence electrons. The van der Waals surface area contributed by atoms with E-state index in [1.165, 1.54) is 12.1 Å². The molecule has 0 saturated heterocycles. The number of aliphatic carboxylic acids is 1. The van der Waals surface area contributed by atoms with E-state index in [0.29, 0.717) is 0 Å². The number of halogens is 6. The van der Waals surface area contributed by atoms with E-state index < -0.39 is 54.6 Å². The number of carboxylic acids is 1. The molecule has 0 heterocycles. The van der Waals surface area contributed by atoms with E-state index in [-0.39, 0.29) is 10.8 Å². The third-order valence-corrected chi connectivity index (χ3v) is 4.97. The van der Waals surface area contributed by atoms with Gasteiger partial charge in [0.05, 0.1) is 0 Å². The molecule has 0 aliphatic heterocycles. The first-order valence-corrected chi connectivity index (χ1v) is 9.14. The topological polar surface area (TPSA) is 84.9 Å². The number of carbonyl (C=O) groups is 1. The van der Waals surface area contributed by atoms with Crippen molar-refractivity contribution in [2.75, 3.05) is 0 Å². The molecule has 0 radical (unpaired) electrons. The molecule has 2 rings (SSSR count). The summed E-state index contributed by atoms with van der Waals surface area (Å²) in [6.07, 6.45) is 0. The highest BCUT2D eigenvalue weighted by Gasteiger charge is 2.37. The Bertz CT molecular complexity index is 930. The zero-order valence-electron chi connectivity index (χ0n) is 13.7. The van der Waals surface area contributed by atoms with Crippen LogP contribution in [0.3, 0.4) is 0 Å². The van der Waals surface area contributed by atoms with Crippen molar-refractivity contribution in [3.63, 3.8) is 0 Å². The number of nitrogens with one attached hydrogen (secondary N) is 1. The Morgan fingerprint density at radius 2 is 1.46 bits per heavy atom. The first-order valence-electron chi connectivity index (χ1n) is 7.22. The van der Waals surface area contributed by atoms with Gasteiger partial charge in [0.25, 0.3) is 0 Å². The van der Waals surface area contributed by atoms with Crippen LogP contribution in [0.5, 0.6) is 11.5 Å². The van der Waals surface area contributed by atoms with Gasteiger partial charge in [0.1, 0.15) is 11.8 Å². The monoisotopic (exact) mass is 445 g/mol. The molecule has 6 nitrogen and oxygen atoms in total. The molecule has 0 aliphatic carbocycles. The fourth-order valence-electron chi connectivity index (χ4n) is 1.78. The number of carboxylic acid groups (broad SMARTS) is 1. The standard InChI is InChI=1S/C15H10ClF5NO5P/c1-6(15(23)24)22-28(25,26-8-4-2-7(16)3-5-8)27-14-12(20)10(18)9(17)11(19)13(14)21/h2-6H,1H3,(H,22,25)(H,23,24). The van der Waals surface area contributed by atoms with Gasteiger partial charge < -0.3 is 14.2 Å². The van der Waals surface area contributed by atoms with Crippen molar-refractivity contribution in [3.8, 4) is 11.5 Å². The lowest BCUT2D eigenvalue weighted by Crippen LogP contribution is -2.34. The summed E-state index contributed by atoms with van der Waals surface area (Å²) < 4.78 is 89.7. The summed E-state index contributed by atoms with van der Waals surface area (Å²) in [6.45, 7) is 0.974. The van der Waals surface area contributed by atoms with E-state index >= 15 is 0 Å². The third-order valence-electron chi connectivity index (χ3n) is 3.14. The highest BCUT2D eigenvalue weighted by molar-refractivity contribution is 7.52. The number of rotatable bonds is 7. The van der Waals surface area contributed by atoms with Crippen molar-refractivity contribution >= 4 is 25.3 Å². The quantitative estimate of drug-likeness (QED) is 0.279. The molecule has 2 N–H and O–H groups in total. The zero-order valence-corrected chi connectivity index (χ0v) is 15.3. The Morgan fingerprint density at radius 1 is 1.00 bits per heavy atom. The van der Waals surface area contributed by atoms with Crippen LogP contribution in [0.2, 0.25) is 5.02 Å².